The third-order valence-electron chi connectivity index (χ3n) is 2.51. The number of hydrogen-bond donors (Lipinski definition) is 1. The molecule has 0 aliphatic heterocycles. The fourth-order valence-corrected chi connectivity index (χ4v) is 2.66. The number of fused-ring (bicyclic) bond motifs is 1. The molecule has 1 N–H and O–H groups in total. The summed E-state index contributed by atoms with van der Waals surface area (Å²) in [6.07, 6.45) is -4.19. The number of aromatic nitrogens is 1. The van der Waals surface area contributed by atoms with E-state index < -0.39 is 12.6 Å². The van der Waals surface area contributed by atoms with Crippen molar-refractivity contribution in [2.24, 2.45) is 0 Å². The molecule has 0 saturated carbocycles. The lowest BCUT2D eigenvalue weighted by molar-refractivity contribution is -0.135. The Morgan fingerprint density at radius 2 is 2.05 bits per heavy atom. The zero-order valence-corrected chi connectivity index (χ0v) is 11.5. The summed E-state index contributed by atoms with van der Waals surface area (Å²) in [7, 11) is 0. The lowest BCUT2D eigenvalue weighted by Crippen LogP contribution is -2.08. The van der Waals surface area contributed by atoms with Gasteiger partial charge in [-0.25, -0.2) is 4.98 Å². The van der Waals surface area contributed by atoms with Gasteiger partial charge in [0.25, 0.3) is 0 Å². The first-order valence-electron chi connectivity index (χ1n) is 5.81. The predicted molar refractivity (Wildman–Crippen MR) is 73.0 cm³/mol. The summed E-state index contributed by atoms with van der Waals surface area (Å²) in [4.78, 5) is 4.32. The van der Waals surface area contributed by atoms with Crippen LogP contribution in [0.25, 0.3) is 10.2 Å². The maximum Gasteiger partial charge on any atom is 0.389 e. The van der Waals surface area contributed by atoms with E-state index in [0.717, 1.165) is 10.2 Å². The molecule has 19 heavy (non-hydrogen) atoms. The van der Waals surface area contributed by atoms with Crippen molar-refractivity contribution in [2.45, 2.75) is 25.4 Å². The second-order valence-electron chi connectivity index (χ2n) is 4.13. The van der Waals surface area contributed by atoms with E-state index in [9.17, 15) is 13.2 Å². The van der Waals surface area contributed by atoms with Crippen molar-refractivity contribution in [3.05, 3.63) is 23.2 Å². The molecule has 0 bridgehead atoms. The van der Waals surface area contributed by atoms with Crippen LogP contribution in [0.4, 0.5) is 18.3 Å². The molecular weight excluding hydrogens is 297 g/mol. The Labute approximate surface area is 117 Å². The molecule has 1 aromatic heterocycles. The number of nitrogens with zero attached hydrogens (tertiary/aromatic N) is 1. The molecule has 2 rings (SSSR count). The molecule has 0 aliphatic rings. The second kappa shape index (κ2) is 5.96. The minimum atomic E-state index is -4.06. The first-order chi connectivity index (χ1) is 8.94. The van der Waals surface area contributed by atoms with Crippen molar-refractivity contribution in [2.75, 3.05) is 11.9 Å². The molecule has 0 unspecified atom stereocenters. The molecule has 2 nitrogen and oxygen atoms in total. The molecule has 0 radical (unpaired) electrons. The van der Waals surface area contributed by atoms with Gasteiger partial charge >= 0.3 is 6.18 Å². The molecule has 0 amide bonds. The third-order valence-corrected chi connectivity index (χ3v) is 3.74. The van der Waals surface area contributed by atoms with Gasteiger partial charge in [0, 0.05) is 18.0 Å². The number of benzene rings is 1. The molecule has 2 aromatic rings. The zero-order valence-electron chi connectivity index (χ0n) is 9.93. The fourth-order valence-electron chi connectivity index (χ4n) is 1.62. The Bertz CT molecular complexity index is 553. The van der Waals surface area contributed by atoms with E-state index in [4.69, 9.17) is 11.6 Å². The standard InChI is InChI=1S/C12H12ClF3N2S/c13-8-3-4-10-9(7-8)18-11(19-10)17-6-2-1-5-12(14,15)16/h3-4,7H,1-2,5-6H2,(H,17,18). The first kappa shape index (κ1) is 14.4. The molecule has 1 aromatic carbocycles. The van der Waals surface area contributed by atoms with E-state index >= 15 is 0 Å². The summed E-state index contributed by atoms with van der Waals surface area (Å²) in [5.74, 6) is 0. The average Bonchev–Trinajstić information content (AvgIpc) is 2.68. The number of thiazole rings is 1. The van der Waals surface area contributed by atoms with Crippen LogP contribution < -0.4 is 5.32 Å². The van der Waals surface area contributed by atoms with Gasteiger partial charge in [0.15, 0.2) is 5.13 Å². The molecule has 7 heteroatoms. The molecule has 0 saturated heterocycles. The summed E-state index contributed by atoms with van der Waals surface area (Å²) in [5, 5.41) is 4.37. The largest absolute Gasteiger partial charge is 0.389 e. The highest BCUT2D eigenvalue weighted by Gasteiger charge is 2.25. The second-order valence-corrected chi connectivity index (χ2v) is 5.60. The SMILES string of the molecule is FC(F)(F)CCCCNc1nc2cc(Cl)ccc2s1. The Kier molecular flexibility index (Phi) is 4.52. The van der Waals surface area contributed by atoms with Crippen LogP contribution >= 0.6 is 22.9 Å². The molecular formula is C12H12ClF3N2S. The van der Waals surface area contributed by atoms with Crippen molar-refractivity contribution in [3.8, 4) is 0 Å². The minimum Gasteiger partial charge on any atom is -0.361 e. The van der Waals surface area contributed by atoms with Crippen LogP contribution in [0.1, 0.15) is 19.3 Å². The number of nitrogens with one attached hydrogen (secondary N) is 1. The van der Waals surface area contributed by atoms with Crippen LogP contribution in [0.3, 0.4) is 0 Å². The summed E-state index contributed by atoms with van der Waals surface area (Å²) in [5.41, 5.74) is 0.801. The van der Waals surface area contributed by atoms with E-state index in [1.165, 1.54) is 11.3 Å². The van der Waals surface area contributed by atoms with Crippen molar-refractivity contribution in [3.63, 3.8) is 0 Å². The normalized spacial score (nSPS) is 12.0. The first-order valence-corrected chi connectivity index (χ1v) is 7.00. The smallest absolute Gasteiger partial charge is 0.361 e. The lowest BCUT2D eigenvalue weighted by Gasteiger charge is -2.05. The van der Waals surface area contributed by atoms with E-state index in [1.807, 2.05) is 6.07 Å². The van der Waals surface area contributed by atoms with Crippen LogP contribution in [0.2, 0.25) is 5.02 Å². The molecule has 1 heterocycles. The van der Waals surface area contributed by atoms with E-state index in [1.54, 1.807) is 12.1 Å². The molecule has 0 aliphatic carbocycles. The summed E-state index contributed by atoms with van der Waals surface area (Å²) in [6.45, 7) is 0.490. The van der Waals surface area contributed by atoms with Gasteiger partial charge in [0.1, 0.15) is 0 Å². The number of halogens is 4. The highest BCUT2D eigenvalue weighted by Crippen LogP contribution is 2.28. The maximum atomic E-state index is 11.9. The average molecular weight is 309 g/mol. The number of hydrogen-bond acceptors (Lipinski definition) is 3. The third kappa shape index (κ3) is 4.54. The summed E-state index contributed by atoms with van der Waals surface area (Å²) >= 11 is 7.32. The molecule has 0 atom stereocenters. The van der Waals surface area contributed by atoms with Crippen LogP contribution in [-0.4, -0.2) is 17.7 Å². The van der Waals surface area contributed by atoms with E-state index in [-0.39, 0.29) is 6.42 Å². The molecule has 0 fully saturated rings. The quantitative estimate of drug-likeness (QED) is 0.778. The fraction of sp³-hybridized carbons (Fsp3) is 0.417. The molecule has 0 spiro atoms. The number of alkyl halides is 3. The lowest BCUT2D eigenvalue weighted by atomic mass is 10.2. The van der Waals surface area contributed by atoms with Gasteiger partial charge in [0.05, 0.1) is 10.2 Å². The highest BCUT2D eigenvalue weighted by atomic mass is 35.5. The summed E-state index contributed by atoms with van der Waals surface area (Å²) < 4.78 is 36.8. The summed E-state index contributed by atoms with van der Waals surface area (Å²) in [6, 6.07) is 5.43. The van der Waals surface area contributed by atoms with Gasteiger partial charge in [-0.2, -0.15) is 13.2 Å². The topological polar surface area (TPSA) is 24.9 Å². The van der Waals surface area contributed by atoms with E-state index in [2.05, 4.69) is 10.3 Å². The minimum absolute atomic E-state index is 0.132. The van der Waals surface area contributed by atoms with E-state index in [0.29, 0.717) is 23.1 Å². The zero-order chi connectivity index (χ0) is 13.9. The maximum absolute atomic E-state index is 11.9. The monoisotopic (exact) mass is 308 g/mol. The molecule has 104 valence electrons. The van der Waals surface area contributed by atoms with Gasteiger partial charge < -0.3 is 5.32 Å². The van der Waals surface area contributed by atoms with Crippen LogP contribution in [-0.2, 0) is 0 Å². The van der Waals surface area contributed by atoms with Crippen molar-refractivity contribution in [1.29, 1.82) is 0 Å². The Hall–Kier alpha value is -1.01. The number of rotatable bonds is 5. The van der Waals surface area contributed by atoms with Crippen molar-refractivity contribution in [1.82, 2.24) is 4.98 Å². The van der Waals surface area contributed by atoms with Crippen molar-refractivity contribution >= 4 is 38.3 Å². The predicted octanol–water partition coefficient (Wildman–Crippen LogP) is 5.09. The van der Waals surface area contributed by atoms with Gasteiger partial charge in [-0.15, -0.1) is 0 Å². The van der Waals surface area contributed by atoms with Gasteiger partial charge in [-0.3, -0.25) is 0 Å². The van der Waals surface area contributed by atoms with Crippen molar-refractivity contribution < 1.29 is 13.2 Å². The number of anilines is 1. The van der Waals surface area contributed by atoms with Gasteiger partial charge in [-0.1, -0.05) is 22.9 Å². The Morgan fingerprint density at radius 3 is 2.79 bits per heavy atom. The highest BCUT2D eigenvalue weighted by molar-refractivity contribution is 7.22. The number of unbranched alkanes of at least 4 members (excludes halogenated alkanes) is 1. The van der Waals surface area contributed by atoms with Gasteiger partial charge in [-0.05, 0) is 31.0 Å². The van der Waals surface area contributed by atoms with Crippen LogP contribution in [0.15, 0.2) is 18.2 Å². The van der Waals surface area contributed by atoms with Crippen LogP contribution in [0.5, 0.6) is 0 Å². The Morgan fingerprint density at radius 1 is 1.26 bits per heavy atom. The van der Waals surface area contributed by atoms with Gasteiger partial charge in [0.2, 0.25) is 0 Å². The van der Waals surface area contributed by atoms with Crippen LogP contribution in [0, 0.1) is 0 Å². The Balaban J connectivity index is 1.82.